The zero-order valence-electron chi connectivity index (χ0n) is 15.3. The van der Waals surface area contributed by atoms with Gasteiger partial charge in [0.15, 0.2) is 0 Å². The zero-order valence-corrected chi connectivity index (χ0v) is 15.3. The summed E-state index contributed by atoms with van der Waals surface area (Å²) in [4.78, 5) is 48.6. The largest absolute Gasteiger partial charge is 0.336 e. The molecule has 2 aliphatic heterocycles. The molecule has 1 atom stereocenters. The lowest BCUT2D eigenvalue weighted by atomic mass is 9.99. The molecule has 26 heavy (non-hydrogen) atoms. The van der Waals surface area contributed by atoms with E-state index in [2.05, 4.69) is 4.98 Å². The molecule has 2 fully saturated rings. The number of amides is 2. The maximum absolute atomic E-state index is 12.7. The van der Waals surface area contributed by atoms with Crippen LogP contribution in [0.5, 0.6) is 0 Å². The Morgan fingerprint density at radius 1 is 1.19 bits per heavy atom. The topological polar surface area (TPSA) is 86.4 Å². The number of hydrogen-bond donors (Lipinski definition) is 1. The first-order valence-corrected chi connectivity index (χ1v) is 9.78. The van der Waals surface area contributed by atoms with Crippen LogP contribution in [0.25, 0.3) is 0 Å². The van der Waals surface area contributed by atoms with Gasteiger partial charge < -0.3 is 14.8 Å². The Balaban J connectivity index is 1.64. The highest BCUT2D eigenvalue weighted by Gasteiger charge is 2.39. The van der Waals surface area contributed by atoms with Gasteiger partial charge in [0, 0.05) is 31.0 Å². The molecule has 7 heteroatoms. The molecule has 2 amide bonds. The van der Waals surface area contributed by atoms with E-state index in [0.29, 0.717) is 43.0 Å². The van der Waals surface area contributed by atoms with Gasteiger partial charge in [-0.1, -0.05) is 6.92 Å². The molecule has 0 unspecified atom stereocenters. The molecule has 1 aromatic rings. The minimum atomic E-state index is -0.146. The first kappa shape index (κ1) is 17.2. The van der Waals surface area contributed by atoms with E-state index in [4.69, 9.17) is 4.98 Å². The summed E-state index contributed by atoms with van der Waals surface area (Å²) in [6.07, 6.45) is 5.81. The van der Waals surface area contributed by atoms with Crippen LogP contribution in [0.4, 0.5) is 0 Å². The first-order chi connectivity index (χ1) is 12.6. The van der Waals surface area contributed by atoms with E-state index in [1.165, 1.54) is 0 Å². The lowest BCUT2D eigenvalue weighted by Crippen LogP contribution is -2.42. The van der Waals surface area contributed by atoms with E-state index < -0.39 is 0 Å². The molecule has 140 valence electrons. The number of hydrogen-bond acceptors (Lipinski definition) is 4. The van der Waals surface area contributed by atoms with E-state index in [1.54, 1.807) is 4.90 Å². The molecular formula is C19H26N4O3. The van der Waals surface area contributed by atoms with Crippen LogP contribution in [-0.2, 0) is 22.6 Å². The van der Waals surface area contributed by atoms with Crippen molar-refractivity contribution in [3.8, 4) is 0 Å². The van der Waals surface area contributed by atoms with Gasteiger partial charge in [0.2, 0.25) is 11.8 Å². The average molecular weight is 358 g/mol. The zero-order chi connectivity index (χ0) is 18.3. The first-order valence-electron chi connectivity index (χ1n) is 9.78. The number of fused-ring (bicyclic) bond motifs is 1. The summed E-state index contributed by atoms with van der Waals surface area (Å²) in [5.74, 6) is 1.05. The van der Waals surface area contributed by atoms with Crippen LogP contribution in [-0.4, -0.2) is 44.7 Å². The maximum atomic E-state index is 12.7. The molecule has 1 saturated heterocycles. The smallest absolute Gasteiger partial charge is 0.254 e. The highest BCUT2D eigenvalue weighted by molar-refractivity contribution is 5.81. The Bertz CT molecular complexity index is 783. The van der Waals surface area contributed by atoms with Gasteiger partial charge in [-0.25, -0.2) is 4.98 Å². The van der Waals surface area contributed by atoms with Crippen molar-refractivity contribution in [3.63, 3.8) is 0 Å². The van der Waals surface area contributed by atoms with Crippen LogP contribution >= 0.6 is 0 Å². The number of piperidine rings is 1. The molecule has 0 radical (unpaired) electrons. The van der Waals surface area contributed by atoms with E-state index >= 15 is 0 Å². The Labute approximate surface area is 152 Å². The predicted molar refractivity (Wildman–Crippen MR) is 95.3 cm³/mol. The van der Waals surface area contributed by atoms with Gasteiger partial charge in [-0.05, 0) is 38.5 Å². The van der Waals surface area contributed by atoms with Crippen molar-refractivity contribution in [2.24, 2.45) is 5.92 Å². The number of H-pyrrole nitrogens is 1. The van der Waals surface area contributed by atoms with Crippen LogP contribution in [0.3, 0.4) is 0 Å². The van der Waals surface area contributed by atoms with E-state index in [9.17, 15) is 14.4 Å². The third-order valence-corrected chi connectivity index (χ3v) is 5.78. The summed E-state index contributed by atoms with van der Waals surface area (Å²) in [5, 5.41) is 0. The number of rotatable bonds is 3. The predicted octanol–water partition coefficient (Wildman–Crippen LogP) is 1.53. The summed E-state index contributed by atoms with van der Waals surface area (Å²) in [5.41, 5.74) is 1.27. The van der Waals surface area contributed by atoms with Crippen LogP contribution in [0, 0.1) is 5.92 Å². The van der Waals surface area contributed by atoms with Gasteiger partial charge >= 0.3 is 0 Å². The molecule has 0 bridgehead atoms. The number of aromatic amines is 1. The molecule has 3 heterocycles. The Morgan fingerprint density at radius 2 is 2.00 bits per heavy atom. The molecule has 1 aliphatic carbocycles. The summed E-state index contributed by atoms with van der Waals surface area (Å²) in [6.45, 7) is 3.54. The number of nitrogens with one attached hydrogen (secondary N) is 1. The summed E-state index contributed by atoms with van der Waals surface area (Å²) >= 11 is 0. The van der Waals surface area contributed by atoms with Gasteiger partial charge in [-0.3, -0.25) is 14.4 Å². The summed E-state index contributed by atoms with van der Waals surface area (Å²) < 4.78 is 0. The average Bonchev–Trinajstić information content (AvgIpc) is 3.51. The molecule has 0 aromatic carbocycles. The third-order valence-electron chi connectivity index (χ3n) is 5.78. The van der Waals surface area contributed by atoms with Crippen molar-refractivity contribution in [3.05, 3.63) is 27.4 Å². The summed E-state index contributed by atoms with van der Waals surface area (Å²) in [6, 6.07) is -0.146. The van der Waals surface area contributed by atoms with Gasteiger partial charge in [0.05, 0.1) is 18.3 Å². The van der Waals surface area contributed by atoms with Crippen molar-refractivity contribution < 1.29 is 9.59 Å². The van der Waals surface area contributed by atoms with E-state index in [1.807, 2.05) is 11.8 Å². The second-order valence-electron chi connectivity index (χ2n) is 7.61. The van der Waals surface area contributed by atoms with Gasteiger partial charge in [-0.15, -0.1) is 0 Å². The van der Waals surface area contributed by atoms with Crippen molar-refractivity contribution in [2.75, 3.05) is 13.1 Å². The molecule has 1 N–H and O–H groups in total. The van der Waals surface area contributed by atoms with Crippen LogP contribution < -0.4 is 5.56 Å². The molecule has 3 aliphatic rings. The minimum Gasteiger partial charge on any atom is -0.336 e. The van der Waals surface area contributed by atoms with E-state index in [0.717, 1.165) is 38.6 Å². The standard InChI is InChI=1S/C19H26N4O3/c1-2-16(24)22-10-8-13-14(11-22)20-17(21-18(13)25)15-5-3-4-9-23(15)19(26)12-6-7-12/h12,15H,2-11H2,1H3,(H,20,21,25)/t15-/m1/s1. The third kappa shape index (κ3) is 3.15. The number of nitrogens with zero attached hydrogens (tertiary/aromatic N) is 3. The molecule has 0 spiro atoms. The fraction of sp³-hybridized carbons (Fsp3) is 0.684. The Hall–Kier alpha value is -2.18. The highest BCUT2D eigenvalue weighted by atomic mass is 16.2. The van der Waals surface area contributed by atoms with Gasteiger partial charge in [-0.2, -0.15) is 0 Å². The summed E-state index contributed by atoms with van der Waals surface area (Å²) in [7, 11) is 0. The van der Waals surface area contributed by atoms with Crippen LogP contribution in [0.15, 0.2) is 4.79 Å². The van der Waals surface area contributed by atoms with Crippen LogP contribution in [0.2, 0.25) is 0 Å². The number of aromatic nitrogens is 2. The maximum Gasteiger partial charge on any atom is 0.254 e. The monoisotopic (exact) mass is 358 g/mol. The lowest BCUT2D eigenvalue weighted by Gasteiger charge is -2.36. The fourth-order valence-electron chi connectivity index (χ4n) is 4.10. The second-order valence-corrected chi connectivity index (χ2v) is 7.61. The van der Waals surface area contributed by atoms with Crippen molar-refractivity contribution in [1.29, 1.82) is 0 Å². The van der Waals surface area contributed by atoms with Gasteiger partial charge in [0.25, 0.3) is 5.56 Å². The lowest BCUT2D eigenvalue weighted by molar-refractivity contribution is -0.136. The highest BCUT2D eigenvalue weighted by Crippen LogP contribution is 2.37. The number of carbonyl (C=O) groups excluding carboxylic acids is 2. The molecule has 1 saturated carbocycles. The van der Waals surface area contributed by atoms with Crippen molar-refractivity contribution in [1.82, 2.24) is 19.8 Å². The normalized spacial score (nSPS) is 22.9. The van der Waals surface area contributed by atoms with Gasteiger partial charge in [0.1, 0.15) is 5.82 Å². The number of carbonyl (C=O) groups is 2. The quantitative estimate of drug-likeness (QED) is 0.888. The van der Waals surface area contributed by atoms with Crippen LogP contribution in [0.1, 0.15) is 68.6 Å². The SMILES string of the molecule is CCC(=O)N1CCc2c(nc([C@H]3CCCCN3C(=O)C3CC3)[nH]c2=O)C1. The van der Waals surface area contributed by atoms with E-state index in [-0.39, 0.29) is 29.3 Å². The molecule has 7 nitrogen and oxygen atoms in total. The number of likely N-dealkylation sites (tertiary alicyclic amines) is 1. The molecule has 4 rings (SSSR count). The molecule has 1 aromatic heterocycles. The fourth-order valence-corrected chi connectivity index (χ4v) is 4.10. The second kappa shape index (κ2) is 6.85. The Kier molecular flexibility index (Phi) is 4.54. The molecular weight excluding hydrogens is 332 g/mol. The minimum absolute atomic E-state index is 0.0856. The van der Waals surface area contributed by atoms with Crippen molar-refractivity contribution in [2.45, 2.75) is 64.5 Å². The Morgan fingerprint density at radius 3 is 2.73 bits per heavy atom. The van der Waals surface area contributed by atoms with Crippen molar-refractivity contribution >= 4 is 11.8 Å².